The number of amides is 1. The Bertz CT molecular complexity index is 576. The second-order valence-corrected chi connectivity index (χ2v) is 5.62. The van der Waals surface area contributed by atoms with E-state index in [-0.39, 0.29) is 17.6 Å². The molecule has 1 aliphatic rings. The van der Waals surface area contributed by atoms with E-state index in [4.69, 9.17) is 5.41 Å². The summed E-state index contributed by atoms with van der Waals surface area (Å²) in [5.74, 6) is -0.110. The van der Waals surface area contributed by atoms with Crippen LogP contribution < -0.4 is 5.32 Å². The number of likely N-dealkylation sites (N-methyl/N-ethyl adjacent to an activating group) is 1. The lowest BCUT2D eigenvalue weighted by Gasteiger charge is -2.14. The Morgan fingerprint density at radius 2 is 2.00 bits per heavy atom. The smallest absolute Gasteiger partial charge is 0.274 e. The number of phenolic OH excluding ortho intramolecular Hbond substituents is 1. The summed E-state index contributed by atoms with van der Waals surface area (Å²) in [7, 11) is 0. The molecule has 0 radical (unpaired) electrons. The summed E-state index contributed by atoms with van der Waals surface area (Å²) in [6.07, 6.45) is 1.68. The molecule has 0 unspecified atom stereocenters. The van der Waals surface area contributed by atoms with Crippen LogP contribution in [0.5, 0.6) is 5.75 Å². The van der Waals surface area contributed by atoms with Crippen LogP contribution in [0.3, 0.4) is 0 Å². The monoisotopic (exact) mass is 387 g/mol. The Kier molecular flexibility index (Phi) is 3.96. The van der Waals surface area contributed by atoms with Gasteiger partial charge in [0.1, 0.15) is 11.4 Å². The normalized spacial score (nSPS) is 17.2. The second-order valence-electron chi connectivity index (χ2n) is 3.91. The highest BCUT2D eigenvalue weighted by Crippen LogP contribution is 2.34. The lowest BCUT2D eigenvalue weighted by atomic mass is 10.2. The van der Waals surface area contributed by atoms with E-state index in [1.165, 1.54) is 0 Å². The lowest BCUT2D eigenvalue weighted by Crippen LogP contribution is -2.28. The molecule has 3 N–H and O–H groups in total. The highest BCUT2D eigenvalue weighted by atomic mass is 79.9. The maximum absolute atomic E-state index is 11.8. The number of nitrogens with zero attached hydrogens (tertiary/aromatic N) is 1. The standard InChI is InChI=1S/C12H11Br2N3O2/c1-2-17-9(11(19)16-12(17)15)5-6-3-7(13)10(18)8(14)4-6/h3-5,18H,2H2,1H3,(H2,15,16,19)/b9-5-. The number of rotatable bonds is 2. The van der Waals surface area contributed by atoms with Crippen LogP contribution in [0.1, 0.15) is 12.5 Å². The first-order valence-corrected chi connectivity index (χ1v) is 7.09. The van der Waals surface area contributed by atoms with E-state index < -0.39 is 0 Å². The lowest BCUT2D eigenvalue weighted by molar-refractivity contribution is -0.115. The van der Waals surface area contributed by atoms with Crippen LogP contribution in [-0.4, -0.2) is 28.4 Å². The summed E-state index contributed by atoms with van der Waals surface area (Å²) in [6, 6.07) is 3.41. The highest BCUT2D eigenvalue weighted by Gasteiger charge is 2.28. The van der Waals surface area contributed by atoms with E-state index in [0.717, 1.165) is 5.56 Å². The minimum atomic E-state index is -0.299. The summed E-state index contributed by atoms with van der Waals surface area (Å²) in [6.45, 7) is 2.40. The molecule has 1 saturated heterocycles. The molecule has 1 aliphatic heterocycles. The number of hydrogen-bond donors (Lipinski definition) is 3. The topological polar surface area (TPSA) is 76.4 Å². The summed E-state index contributed by atoms with van der Waals surface area (Å²) in [4.78, 5) is 13.3. The summed E-state index contributed by atoms with van der Waals surface area (Å²) in [5.41, 5.74) is 1.16. The van der Waals surface area contributed by atoms with Gasteiger partial charge in [0.15, 0.2) is 0 Å². The minimum Gasteiger partial charge on any atom is -0.506 e. The van der Waals surface area contributed by atoms with Gasteiger partial charge in [-0.1, -0.05) is 0 Å². The molecule has 1 fully saturated rings. The van der Waals surface area contributed by atoms with Crippen molar-refractivity contribution in [3.8, 4) is 5.75 Å². The quantitative estimate of drug-likeness (QED) is 0.681. The van der Waals surface area contributed by atoms with E-state index in [1.54, 1.807) is 23.1 Å². The molecule has 100 valence electrons. The molecule has 0 aromatic heterocycles. The van der Waals surface area contributed by atoms with Crippen molar-refractivity contribution in [2.75, 3.05) is 6.54 Å². The number of guanidine groups is 1. The number of phenols is 1. The Hall–Kier alpha value is -1.34. The molecule has 0 saturated carbocycles. The number of benzene rings is 1. The van der Waals surface area contributed by atoms with Gasteiger partial charge in [-0.2, -0.15) is 0 Å². The summed E-state index contributed by atoms with van der Waals surface area (Å²) >= 11 is 6.48. The molecular weight excluding hydrogens is 378 g/mol. The van der Waals surface area contributed by atoms with Gasteiger partial charge in [0.05, 0.1) is 8.95 Å². The van der Waals surface area contributed by atoms with Gasteiger partial charge in [0.25, 0.3) is 5.91 Å². The largest absolute Gasteiger partial charge is 0.506 e. The predicted molar refractivity (Wildman–Crippen MR) is 79.7 cm³/mol. The molecule has 0 atom stereocenters. The van der Waals surface area contributed by atoms with Crippen molar-refractivity contribution in [2.45, 2.75) is 6.92 Å². The zero-order valence-corrected chi connectivity index (χ0v) is 13.2. The second kappa shape index (κ2) is 5.34. The van der Waals surface area contributed by atoms with E-state index in [1.807, 2.05) is 6.92 Å². The van der Waals surface area contributed by atoms with Crippen LogP contribution >= 0.6 is 31.9 Å². The maximum atomic E-state index is 11.8. The Morgan fingerprint density at radius 3 is 2.53 bits per heavy atom. The van der Waals surface area contributed by atoms with Gasteiger partial charge in [0, 0.05) is 6.54 Å². The zero-order valence-electron chi connectivity index (χ0n) is 10.00. The van der Waals surface area contributed by atoms with Gasteiger partial charge < -0.3 is 10.0 Å². The van der Waals surface area contributed by atoms with Gasteiger partial charge >= 0.3 is 0 Å². The molecule has 1 heterocycles. The molecule has 1 amide bonds. The van der Waals surface area contributed by atoms with E-state index >= 15 is 0 Å². The molecule has 19 heavy (non-hydrogen) atoms. The average Bonchev–Trinajstić information content (AvgIpc) is 2.60. The van der Waals surface area contributed by atoms with Crippen LogP contribution in [0.4, 0.5) is 0 Å². The van der Waals surface area contributed by atoms with E-state index in [9.17, 15) is 9.90 Å². The maximum Gasteiger partial charge on any atom is 0.274 e. The van der Waals surface area contributed by atoms with Crippen molar-refractivity contribution >= 4 is 49.8 Å². The molecule has 0 spiro atoms. The number of halogens is 2. The van der Waals surface area contributed by atoms with Crippen molar-refractivity contribution in [3.63, 3.8) is 0 Å². The summed E-state index contributed by atoms with van der Waals surface area (Å²) < 4.78 is 1.07. The third-order valence-electron chi connectivity index (χ3n) is 2.68. The highest BCUT2D eigenvalue weighted by molar-refractivity contribution is 9.11. The fourth-order valence-electron chi connectivity index (χ4n) is 1.78. The Balaban J connectivity index is 2.46. The molecule has 5 nitrogen and oxygen atoms in total. The van der Waals surface area contributed by atoms with Gasteiger partial charge in [0.2, 0.25) is 5.96 Å². The van der Waals surface area contributed by atoms with Crippen molar-refractivity contribution in [2.24, 2.45) is 0 Å². The number of carbonyl (C=O) groups is 1. The molecule has 1 aromatic rings. The number of nitrogens with one attached hydrogen (secondary N) is 2. The Morgan fingerprint density at radius 1 is 1.42 bits per heavy atom. The minimum absolute atomic E-state index is 0.0793. The van der Waals surface area contributed by atoms with E-state index in [2.05, 4.69) is 37.2 Å². The third kappa shape index (κ3) is 2.66. The van der Waals surface area contributed by atoms with Crippen LogP contribution in [0.2, 0.25) is 0 Å². The van der Waals surface area contributed by atoms with Gasteiger partial charge in [-0.3, -0.25) is 15.5 Å². The zero-order chi connectivity index (χ0) is 14.2. The molecule has 2 rings (SSSR count). The van der Waals surface area contributed by atoms with E-state index in [0.29, 0.717) is 21.2 Å². The van der Waals surface area contributed by atoms with Crippen LogP contribution in [0, 0.1) is 5.41 Å². The van der Waals surface area contributed by atoms with Crippen molar-refractivity contribution in [1.82, 2.24) is 10.2 Å². The molecule has 0 bridgehead atoms. The van der Waals surface area contributed by atoms with Gasteiger partial charge in [-0.25, -0.2) is 0 Å². The number of aromatic hydroxyl groups is 1. The van der Waals surface area contributed by atoms with Crippen molar-refractivity contribution in [3.05, 3.63) is 32.3 Å². The molecular formula is C12H11Br2N3O2. The molecule has 1 aromatic carbocycles. The SMILES string of the molecule is CCN1C(=N)NC(=O)/C1=C/c1cc(Br)c(O)c(Br)c1. The van der Waals surface area contributed by atoms with Crippen LogP contribution in [0.25, 0.3) is 6.08 Å². The first-order valence-electron chi connectivity index (χ1n) is 5.51. The van der Waals surface area contributed by atoms with Crippen molar-refractivity contribution < 1.29 is 9.90 Å². The van der Waals surface area contributed by atoms with Gasteiger partial charge in [-0.05, 0) is 62.6 Å². The average molecular weight is 389 g/mol. The fourth-order valence-corrected chi connectivity index (χ4v) is 3.00. The Labute approximate surface area is 127 Å². The summed E-state index contributed by atoms with van der Waals surface area (Å²) in [5, 5.41) is 19.7. The predicted octanol–water partition coefficient (Wildman–Crippen LogP) is 2.64. The van der Waals surface area contributed by atoms with Crippen LogP contribution in [0.15, 0.2) is 26.8 Å². The third-order valence-corrected chi connectivity index (χ3v) is 3.89. The number of hydrogen-bond acceptors (Lipinski definition) is 3. The molecule has 0 aliphatic carbocycles. The number of carbonyl (C=O) groups excluding carboxylic acids is 1. The fraction of sp³-hybridized carbons (Fsp3) is 0.167. The van der Waals surface area contributed by atoms with Gasteiger partial charge in [-0.15, -0.1) is 0 Å². The first kappa shape index (κ1) is 14.1. The first-order chi connectivity index (χ1) is 8.93. The van der Waals surface area contributed by atoms with Crippen molar-refractivity contribution in [1.29, 1.82) is 5.41 Å². The van der Waals surface area contributed by atoms with Crippen LogP contribution in [-0.2, 0) is 4.79 Å². The molecule has 7 heteroatoms.